The number of aryl methyl sites for hydroxylation is 2. The van der Waals surface area contributed by atoms with Gasteiger partial charge >= 0.3 is 0 Å². The SMILES string of the molecule is Cc1[nH]nc(CCC(=O)N2CCC[C@@H](C(=O)Cc3ccccc3)C2)c1C. The van der Waals surface area contributed by atoms with Gasteiger partial charge in [0, 0.05) is 44.0 Å². The average molecular weight is 353 g/mol. The molecule has 3 rings (SSSR count). The zero-order valence-electron chi connectivity index (χ0n) is 15.6. The zero-order valence-corrected chi connectivity index (χ0v) is 15.6. The Balaban J connectivity index is 1.53. The number of hydrogen-bond donors (Lipinski definition) is 1. The normalized spacial score (nSPS) is 17.3. The van der Waals surface area contributed by atoms with E-state index in [-0.39, 0.29) is 17.6 Å². The highest BCUT2D eigenvalue weighted by atomic mass is 16.2. The van der Waals surface area contributed by atoms with Crippen molar-refractivity contribution in [2.75, 3.05) is 13.1 Å². The van der Waals surface area contributed by atoms with Crippen LogP contribution in [0, 0.1) is 19.8 Å². The highest BCUT2D eigenvalue weighted by Gasteiger charge is 2.28. The van der Waals surface area contributed by atoms with Crippen LogP contribution in [-0.4, -0.2) is 39.9 Å². The number of nitrogens with one attached hydrogen (secondary N) is 1. The largest absolute Gasteiger partial charge is 0.342 e. The van der Waals surface area contributed by atoms with Crippen molar-refractivity contribution in [2.45, 2.75) is 46.0 Å². The lowest BCUT2D eigenvalue weighted by Gasteiger charge is -2.32. The van der Waals surface area contributed by atoms with Gasteiger partial charge in [-0.25, -0.2) is 0 Å². The number of benzene rings is 1. The third-order valence-electron chi connectivity index (χ3n) is 5.38. The number of nitrogens with zero attached hydrogens (tertiary/aromatic N) is 2. The Hall–Kier alpha value is -2.43. The van der Waals surface area contributed by atoms with E-state index in [0.717, 1.165) is 41.9 Å². The molecule has 0 radical (unpaired) electrons. The average Bonchev–Trinajstić information content (AvgIpc) is 2.99. The van der Waals surface area contributed by atoms with Gasteiger partial charge in [0.05, 0.1) is 5.69 Å². The van der Waals surface area contributed by atoms with Gasteiger partial charge in [-0.15, -0.1) is 0 Å². The van der Waals surface area contributed by atoms with Crippen LogP contribution in [0.2, 0.25) is 0 Å². The molecule has 0 bridgehead atoms. The van der Waals surface area contributed by atoms with Gasteiger partial charge in [0.2, 0.25) is 5.91 Å². The Kier molecular flexibility index (Phi) is 5.86. The second-order valence-corrected chi connectivity index (χ2v) is 7.23. The fraction of sp³-hybridized carbons (Fsp3) is 0.476. The van der Waals surface area contributed by atoms with E-state index in [0.29, 0.717) is 25.8 Å². The van der Waals surface area contributed by atoms with Crippen molar-refractivity contribution in [3.63, 3.8) is 0 Å². The predicted octanol–water partition coefficient (Wildman–Crippen LogP) is 3.01. The van der Waals surface area contributed by atoms with Gasteiger partial charge in [0.25, 0.3) is 0 Å². The Morgan fingerprint density at radius 1 is 1.23 bits per heavy atom. The molecule has 5 heteroatoms. The summed E-state index contributed by atoms with van der Waals surface area (Å²) in [6.07, 6.45) is 3.34. The molecule has 1 aromatic carbocycles. The summed E-state index contributed by atoms with van der Waals surface area (Å²) in [6.45, 7) is 5.33. The number of aromatic nitrogens is 2. The summed E-state index contributed by atoms with van der Waals surface area (Å²) in [7, 11) is 0. The maximum Gasteiger partial charge on any atom is 0.222 e. The van der Waals surface area contributed by atoms with Gasteiger partial charge in [-0.2, -0.15) is 5.10 Å². The predicted molar refractivity (Wildman–Crippen MR) is 101 cm³/mol. The molecule has 1 aromatic heterocycles. The van der Waals surface area contributed by atoms with E-state index in [1.807, 2.05) is 49.1 Å². The van der Waals surface area contributed by atoms with E-state index < -0.39 is 0 Å². The molecule has 1 atom stereocenters. The molecule has 0 aliphatic carbocycles. The van der Waals surface area contributed by atoms with Crippen LogP contribution in [0.3, 0.4) is 0 Å². The zero-order chi connectivity index (χ0) is 18.5. The fourth-order valence-electron chi connectivity index (χ4n) is 3.57. The number of likely N-dealkylation sites (tertiary alicyclic amines) is 1. The summed E-state index contributed by atoms with van der Waals surface area (Å²) in [5.41, 5.74) is 4.19. The molecular weight excluding hydrogens is 326 g/mol. The molecule has 2 aromatic rings. The van der Waals surface area contributed by atoms with Crippen LogP contribution in [0.4, 0.5) is 0 Å². The van der Waals surface area contributed by atoms with E-state index in [4.69, 9.17) is 0 Å². The highest BCUT2D eigenvalue weighted by Crippen LogP contribution is 2.20. The Labute approximate surface area is 154 Å². The molecule has 1 aliphatic heterocycles. The first-order valence-electron chi connectivity index (χ1n) is 9.39. The third kappa shape index (κ3) is 4.40. The van der Waals surface area contributed by atoms with Crippen LogP contribution < -0.4 is 0 Å². The van der Waals surface area contributed by atoms with Gasteiger partial charge in [-0.1, -0.05) is 30.3 Å². The summed E-state index contributed by atoms with van der Waals surface area (Å²) < 4.78 is 0. The lowest BCUT2D eigenvalue weighted by atomic mass is 9.90. The molecule has 1 N–H and O–H groups in total. The molecule has 2 heterocycles. The topological polar surface area (TPSA) is 66.1 Å². The molecule has 1 saturated heterocycles. The quantitative estimate of drug-likeness (QED) is 0.868. The van der Waals surface area contributed by atoms with Crippen molar-refractivity contribution >= 4 is 11.7 Å². The first-order chi connectivity index (χ1) is 12.5. The second-order valence-electron chi connectivity index (χ2n) is 7.23. The monoisotopic (exact) mass is 353 g/mol. The molecule has 1 amide bonds. The lowest BCUT2D eigenvalue weighted by molar-refractivity contribution is -0.135. The number of ketones is 1. The minimum Gasteiger partial charge on any atom is -0.342 e. The number of piperidine rings is 1. The van der Waals surface area contributed by atoms with Gasteiger partial charge in [0.15, 0.2) is 0 Å². The third-order valence-corrected chi connectivity index (χ3v) is 5.38. The fourth-order valence-corrected chi connectivity index (χ4v) is 3.57. The summed E-state index contributed by atoms with van der Waals surface area (Å²) in [4.78, 5) is 27.1. The minimum atomic E-state index is -0.0396. The second kappa shape index (κ2) is 8.30. The van der Waals surface area contributed by atoms with Crippen molar-refractivity contribution in [3.05, 3.63) is 52.8 Å². The first-order valence-corrected chi connectivity index (χ1v) is 9.39. The Morgan fingerprint density at radius 3 is 2.69 bits per heavy atom. The molecule has 1 fully saturated rings. The maximum atomic E-state index is 12.6. The molecule has 138 valence electrons. The molecule has 0 spiro atoms. The van der Waals surface area contributed by atoms with Crippen molar-refractivity contribution in [1.29, 1.82) is 0 Å². The van der Waals surface area contributed by atoms with Crippen molar-refractivity contribution in [3.8, 4) is 0 Å². The number of carbonyl (C=O) groups excluding carboxylic acids is 2. The molecular formula is C21H27N3O2. The van der Waals surface area contributed by atoms with E-state index in [1.54, 1.807) is 0 Å². The Bertz CT molecular complexity index is 767. The number of aromatic amines is 1. The van der Waals surface area contributed by atoms with Crippen molar-refractivity contribution in [1.82, 2.24) is 15.1 Å². The van der Waals surface area contributed by atoms with E-state index >= 15 is 0 Å². The van der Waals surface area contributed by atoms with Gasteiger partial charge in [-0.05, 0) is 37.8 Å². The summed E-state index contributed by atoms with van der Waals surface area (Å²) in [6, 6.07) is 9.84. The van der Waals surface area contributed by atoms with E-state index in [1.165, 1.54) is 0 Å². The number of rotatable bonds is 6. The van der Waals surface area contributed by atoms with Crippen LogP contribution in [0.15, 0.2) is 30.3 Å². The van der Waals surface area contributed by atoms with E-state index in [9.17, 15) is 9.59 Å². The number of carbonyl (C=O) groups is 2. The number of Topliss-reactive ketones (excluding diaryl/α,β-unsaturated/α-hetero) is 1. The minimum absolute atomic E-state index is 0.0396. The summed E-state index contributed by atoms with van der Waals surface area (Å²) >= 11 is 0. The van der Waals surface area contributed by atoms with Crippen LogP contribution >= 0.6 is 0 Å². The summed E-state index contributed by atoms with van der Waals surface area (Å²) in [5.74, 6) is 0.331. The Morgan fingerprint density at radius 2 is 2.00 bits per heavy atom. The molecule has 1 aliphatic rings. The van der Waals surface area contributed by atoms with Crippen LogP contribution in [0.1, 0.15) is 41.8 Å². The lowest BCUT2D eigenvalue weighted by Crippen LogP contribution is -2.42. The molecule has 5 nitrogen and oxygen atoms in total. The summed E-state index contributed by atoms with van der Waals surface area (Å²) in [5, 5.41) is 7.24. The molecule has 26 heavy (non-hydrogen) atoms. The van der Waals surface area contributed by atoms with Gasteiger partial charge in [0.1, 0.15) is 5.78 Å². The maximum absolute atomic E-state index is 12.6. The molecule has 0 saturated carbocycles. The van der Waals surface area contributed by atoms with Crippen molar-refractivity contribution < 1.29 is 9.59 Å². The van der Waals surface area contributed by atoms with E-state index in [2.05, 4.69) is 10.2 Å². The van der Waals surface area contributed by atoms with Crippen LogP contribution in [0.5, 0.6) is 0 Å². The first kappa shape index (κ1) is 18.4. The van der Waals surface area contributed by atoms with Crippen LogP contribution in [0.25, 0.3) is 0 Å². The number of hydrogen-bond acceptors (Lipinski definition) is 3. The van der Waals surface area contributed by atoms with Crippen molar-refractivity contribution in [2.24, 2.45) is 5.92 Å². The van der Waals surface area contributed by atoms with Gasteiger partial charge < -0.3 is 4.90 Å². The smallest absolute Gasteiger partial charge is 0.222 e. The highest BCUT2D eigenvalue weighted by molar-refractivity contribution is 5.84. The number of H-pyrrole nitrogens is 1. The standard InChI is InChI=1S/C21H27N3O2/c1-15-16(2)22-23-19(15)10-11-21(26)24-12-6-9-18(14-24)20(25)13-17-7-4-3-5-8-17/h3-5,7-8,18H,6,9-14H2,1-2H3,(H,22,23)/t18-/m1/s1. The van der Waals surface area contributed by atoms with Crippen LogP contribution in [-0.2, 0) is 22.4 Å². The number of amides is 1. The van der Waals surface area contributed by atoms with Gasteiger partial charge in [-0.3, -0.25) is 14.7 Å². The molecule has 0 unspecified atom stereocenters.